The molecule has 1 rings (SSSR count). The zero-order chi connectivity index (χ0) is 9.90. The van der Waals surface area contributed by atoms with E-state index >= 15 is 0 Å². The maximum Gasteiger partial charge on any atom is 0.236 e. The van der Waals surface area contributed by atoms with Crippen LogP contribution in [0.1, 0.15) is 33.1 Å². The van der Waals surface area contributed by atoms with Crippen LogP contribution in [0.25, 0.3) is 0 Å². The number of carbonyl (C=O) groups is 1. The smallest absolute Gasteiger partial charge is 0.236 e. The molecule has 0 aliphatic heterocycles. The van der Waals surface area contributed by atoms with Crippen molar-refractivity contribution in [2.24, 2.45) is 5.41 Å². The number of hydrogen-bond donors (Lipinski definition) is 2. The molecule has 13 heavy (non-hydrogen) atoms. The zero-order valence-corrected chi connectivity index (χ0v) is 8.81. The summed E-state index contributed by atoms with van der Waals surface area (Å²) in [5.41, 5.74) is 0.378. The predicted octanol–water partition coefficient (Wildman–Crippen LogP) is 0.901. The number of nitrogens with one attached hydrogen (secondary N) is 2. The Balaban J connectivity index is 2.21. The number of amides is 1. The maximum atomic E-state index is 11.4. The number of rotatable bonds is 4. The minimum Gasteiger partial charge on any atom is -0.354 e. The SMILES string of the molecule is CNC(C)C(=O)NCC1(C)CCC1. The Labute approximate surface area is 80.3 Å². The quantitative estimate of drug-likeness (QED) is 0.681. The summed E-state index contributed by atoms with van der Waals surface area (Å²) in [6.07, 6.45) is 3.82. The van der Waals surface area contributed by atoms with Gasteiger partial charge in [-0.2, -0.15) is 0 Å². The van der Waals surface area contributed by atoms with Gasteiger partial charge in [0.1, 0.15) is 0 Å². The zero-order valence-electron chi connectivity index (χ0n) is 8.81. The van der Waals surface area contributed by atoms with Crippen molar-refractivity contribution in [1.29, 1.82) is 0 Å². The highest BCUT2D eigenvalue weighted by molar-refractivity contribution is 5.81. The topological polar surface area (TPSA) is 41.1 Å². The minimum atomic E-state index is -0.0799. The Morgan fingerprint density at radius 3 is 2.54 bits per heavy atom. The van der Waals surface area contributed by atoms with E-state index in [2.05, 4.69) is 17.6 Å². The van der Waals surface area contributed by atoms with Crippen LogP contribution in [-0.2, 0) is 4.79 Å². The van der Waals surface area contributed by atoms with Crippen LogP contribution < -0.4 is 10.6 Å². The van der Waals surface area contributed by atoms with Gasteiger partial charge in [0.05, 0.1) is 6.04 Å². The normalized spacial score (nSPS) is 21.8. The van der Waals surface area contributed by atoms with Crippen molar-refractivity contribution < 1.29 is 4.79 Å². The number of likely N-dealkylation sites (N-methyl/N-ethyl adjacent to an activating group) is 1. The van der Waals surface area contributed by atoms with E-state index in [0.717, 1.165) is 6.54 Å². The van der Waals surface area contributed by atoms with Crippen LogP contribution in [0, 0.1) is 5.41 Å². The van der Waals surface area contributed by atoms with E-state index in [0.29, 0.717) is 5.41 Å². The third-order valence-electron chi connectivity index (χ3n) is 3.08. The van der Waals surface area contributed by atoms with E-state index in [1.165, 1.54) is 19.3 Å². The van der Waals surface area contributed by atoms with Gasteiger partial charge in [0.2, 0.25) is 5.91 Å². The minimum absolute atomic E-state index is 0.0799. The average Bonchev–Trinajstić information content (AvgIpc) is 2.09. The Bertz CT molecular complexity index is 187. The van der Waals surface area contributed by atoms with Crippen LogP contribution in [0.5, 0.6) is 0 Å². The molecule has 2 N–H and O–H groups in total. The Hall–Kier alpha value is -0.570. The van der Waals surface area contributed by atoms with Gasteiger partial charge in [-0.05, 0) is 32.2 Å². The molecule has 3 nitrogen and oxygen atoms in total. The highest BCUT2D eigenvalue weighted by Gasteiger charge is 2.32. The fourth-order valence-corrected chi connectivity index (χ4v) is 1.54. The Kier molecular flexibility index (Phi) is 3.31. The molecule has 1 unspecified atom stereocenters. The Morgan fingerprint density at radius 1 is 1.54 bits per heavy atom. The van der Waals surface area contributed by atoms with Crippen LogP contribution in [-0.4, -0.2) is 25.5 Å². The van der Waals surface area contributed by atoms with Gasteiger partial charge in [0.25, 0.3) is 0 Å². The van der Waals surface area contributed by atoms with Crippen molar-refractivity contribution in [2.45, 2.75) is 39.2 Å². The molecule has 1 fully saturated rings. The molecular formula is C10H20N2O. The van der Waals surface area contributed by atoms with Gasteiger partial charge >= 0.3 is 0 Å². The van der Waals surface area contributed by atoms with Crippen molar-refractivity contribution in [1.82, 2.24) is 10.6 Å². The van der Waals surface area contributed by atoms with Crippen molar-refractivity contribution >= 4 is 5.91 Å². The van der Waals surface area contributed by atoms with Gasteiger partial charge in [-0.15, -0.1) is 0 Å². The third-order valence-corrected chi connectivity index (χ3v) is 3.08. The van der Waals surface area contributed by atoms with E-state index in [1.54, 1.807) is 7.05 Å². The molecule has 0 aromatic carbocycles. The summed E-state index contributed by atoms with van der Waals surface area (Å²) in [5, 5.41) is 5.90. The van der Waals surface area contributed by atoms with Gasteiger partial charge in [0.15, 0.2) is 0 Å². The lowest BCUT2D eigenvalue weighted by molar-refractivity contribution is -0.123. The van der Waals surface area contributed by atoms with Gasteiger partial charge in [0, 0.05) is 6.54 Å². The van der Waals surface area contributed by atoms with Crippen LogP contribution >= 0.6 is 0 Å². The summed E-state index contributed by atoms with van der Waals surface area (Å²) in [6.45, 7) is 4.94. The first-order valence-electron chi connectivity index (χ1n) is 5.02. The molecule has 3 heteroatoms. The predicted molar refractivity (Wildman–Crippen MR) is 53.5 cm³/mol. The number of carbonyl (C=O) groups excluding carboxylic acids is 1. The molecule has 0 heterocycles. The molecule has 0 spiro atoms. The van der Waals surface area contributed by atoms with Gasteiger partial charge in [-0.1, -0.05) is 13.3 Å². The molecule has 0 aromatic rings. The maximum absolute atomic E-state index is 11.4. The van der Waals surface area contributed by atoms with Gasteiger partial charge < -0.3 is 10.6 Å². The van der Waals surface area contributed by atoms with E-state index < -0.39 is 0 Å². The van der Waals surface area contributed by atoms with Crippen LogP contribution in [0.15, 0.2) is 0 Å². The highest BCUT2D eigenvalue weighted by Crippen LogP contribution is 2.39. The summed E-state index contributed by atoms with van der Waals surface area (Å²) < 4.78 is 0. The molecule has 0 saturated heterocycles. The van der Waals surface area contributed by atoms with Crippen molar-refractivity contribution in [2.75, 3.05) is 13.6 Å². The van der Waals surface area contributed by atoms with Crippen molar-refractivity contribution in [3.63, 3.8) is 0 Å². The largest absolute Gasteiger partial charge is 0.354 e. The summed E-state index contributed by atoms with van der Waals surface area (Å²) in [6, 6.07) is -0.0799. The fraction of sp³-hybridized carbons (Fsp3) is 0.900. The van der Waals surface area contributed by atoms with Crippen LogP contribution in [0.2, 0.25) is 0 Å². The first-order chi connectivity index (χ1) is 6.07. The molecule has 1 aliphatic carbocycles. The second-order valence-corrected chi connectivity index (χ2v) is 4.39. The molecule has 1 atom stereocenters. The lowest BCUT2D eigenvalue weighted by atomic mass is 9.70. The first-order valence-corrected chi connectivity index (χ1v) is 5.02. The van der Waals surface area contributed by atoms with Crippen LogP contribution in [0.3, 0.4) is 0 Å². The lowest BCUT2D eigenvalue weighted by Crippen LogP contribution is -2.46. The molecular weight excluding hydrogens is 164 g/mol. The van der Waals surface area contributed by atoms with E-state index in [1.807, 2.05) is 6.92 Å². The third kappa shape index (κ3) is 2.69. The monoisotopic (exact) mass is 184 g/mol. The lowest BCUT2D eigenvalue weighted by Gasteiger charge is -2.38. The second kappa shape index (κ2) is 4.09. The molecule has 0 bridgehead atoms. The fourth-order valence-electron chi connectivity index (χ4n) is 1.54. The summed E-state index contributed by atoms with van der Waals surface area (Å²) in [4.78, 5) is 11.4. The summed E-state index contributed by atoms with van der Waals surface area (Å²) in [5.74, 6) is 0.107. The Morgan fingerprint density at radius 2 is 2.15 bits per heavy atom. The van der Waals surface area contributed by atoms with Gasteiger partial charge in [-0.3, -0.25) is 4.79 Å². The molecule has 0 aromatic heterocycles. The van der Waals surface area contributed by atoms with Crippen molar-refractivity contribution in [3.05, 3.63) is 0 Å². The van der Waals surface area contributed by atoms with Crippen molar-refractivity contribution in [3.8, 4) is 0 Å². The summed E-state index contributed by atoms with van der Waals surface area (Å²) >= 11 is 0. The van der Waals surface area contributed by atoms with E-state index in [4.69, 9.17) is 0 Å². The number of hydrogen-bond acceptors (Lipinski definition) is 2. The van der Waals surface area contributed by atoms with Gasteiger partial charge in [-0.25, -0.2) is 0 Å². The second-order valence-electron chi connectivity index (χ2n) is 4.39. The van der Waals surface area contributed by atoms with Crippen LogP contribution in [0.4, 0.5) is 0 Å². The summed E-state index contributed by atoms with van der Waals surface area (Å²) in [7, 11) is 1.80. The molecule has 1 amide bonds. The molecule has 1 saturated carbocycles. The molecule has 76 valence electrons. The van der Waals surface area contributed by atoms with E-state index in [-0.39, 0.29) is 11.9 Å². The first kappa shape index (κ1) is 10.5. The molecule has 1 aliphatic rings. The highest BCUT2D eigenvalue weighted by atomic mass is 16.2. The standard InChI is InChI=1S/C10H20N2O/c1-8(11-3)9(13)12-7-10(2)5-4-6-10/h8,11H,4-7H2,1-3H3,(H,12,13). The van der Waals surface area contributed by atoms with E-state index in [9.17, 15) is 4.79 Å². The molecule has 0 radical (unpaired) electrons. The average molecular weight is 184 g/mol.